The first-order valence-corrected chi connectivity index (χ1v) is 4.35. The van der Waals surface area contributed by atoms with Gasteiger partial charge >= 0.3 is 0 Å². The molecule has 0 spiro atoms. The minimum atomic E-state index is -0.0540. The number of hydrogen-bond acceptors (Lipinski definition) is 3. The third kappa shape index (κ3) is 2.03. The van der Waals surface area contributed by atoms with Crippen LogP contribution >= 0.6 is 0 Å². The lowest BCUT2D eigenvalue weighted by atomic mass is 10.1. The Hall–Kier alpha value is -1.55. The van der Waals surface area contributed by atoms with E-state index in [-0.39, 0.29) is 5.91 Å². The number of aryl methyl sites for hydroxylation is 1. The fourth-order valence-corrected chi connectivity index (χ4v) is 1.20. The Bertz CT molecular complexity index is 347. The lowest BCUT2D eigenvalue weighted by Gasteiger charge is -2.14. The van der Waals surface area contributed by atoms with Gasteiger partial charge in [0.1, 0.15) is 0 Å². The van der Waals surface area contributed by atoms with Gasteiger partial charge in [-0.1, -0.05) is 11.6 Å². The lowest BCUT2D eigenvalue weighted by Crippen LogP contribution is -2.24. The molecule has 4 heteroatoms. The van der Waals surface area contributed by atoms with Crippen molar-refractivity contribution in [1.29, 1.82) is 0 Å². The van der Waals surface area contributed by atoms with Crippen LogP contribution in [0, 0.1) is 6.92 Å². The summed E-state index contributed by atoms with van der Waals surface area (Å²) in [6, 6.07) is 5.52. The maximum absolute atomic E-state index is 11.7. The second-order valence-corrected chi connectivity index (χ2v) is 3.39. The number of amides is 1. The lowest BCUT2D eigenvalue weighted by molar-refractivity contribution is 0.0828. The minimum absolute atomic E-state index is 0.0540. The quantitative estimate of drug-likeness (QED) is 0.544. The van der Waals surface area contributed by atoms with E-state index in [1.54, 1.807) is 20.2 Å². The van der Waals surface area contributed by atoms with Crippen LogP contribution in [0.25, 0.3) is 0 Å². The molecule has 0 saturated heterocycles. The zero-order valence-electron chi connectivity index (χ0n) is 8.66. The number of hydrazine groups is 1. The van der Waals surface area contributed by atoms with Crippen LogP contribution < -0.4 is 11.3 Å². The predicted octanol–water partition coefficient (Wildman–Crippen LogP) is 0.982. The molecule has 0 fully saturated rings. The molecule has 0 heterocycles. The fourth-order valence-electron chi connectivity index (χ4n) is 1.20. The van der Waals surface area contributed by atoms with Crippen molar-refractivity contribution in [3.8, 4) is 0 Å². The van der Waals surface area contributed by atoms with E-state index in [4.69, 9.17) is 5.84 Å². The highest BCUT2D eigenvalue weighted by Crippen LogP contribution is 2.17. The Morgan fingerprint density at radius 2 is 2.07 bits per heavy atom. The number of anilines is 1. The van der Waals surface area contributed by atoms with Crippen LogP contribution in [0.1, 0.15) is 15.9 Å². The van der Waals surface area contributed by atoms with Crippen LogP contribution in [0.4, 0.5) is 5.69 Å². The average molecular weight is 193 g/mol. The van der Waals surface area contributed by atoms with Crippen LogP contribution in [-0.4, -0.2) is 24.9 Å². The number of nitrogens with zero attached hydrogens (tertiary/aromatic N) is 1. The number of nitrogen functional groups attached to an aromatic ring is 1. The minimum Gasteiger partial charge on any atom is -0.345 e. The molecule has 0 saturated carbocycles. The number of rotatable bonds is 2. The molecule has 0 aliphatic heterocycles. The normalized spacial score (nSPS) is 9.71. The van der Waals surface area contributed by atoms with Gasteiger partial charge < -0.3 is 10.3 Å². The number of nitrogens with two attached hydrogens (primary N) is 1. The number of nitrogens with one attached hydrogen (secondary N) is 1. The second kappa shape index (κ2) is 4.11. The second-order valence-electron chi connectivity index (χ2n) is 3.39. The van der Waals surface area contributed by atoms with E-state index in [0.29, 0.717) is 11.3 Å². The molecule has 0 aliphatic rings. The van der Waals surface area contributed by atoms with E-state index >= 15 is 0 Å². The van der Waals surface area contributed by atoms with Gasteiger partial charge in [-0.25, -0.2) is 0 Å². The molecule has 0 unspecified atom stereocenters. The van der Waals surface area contributed by atoms with Gasteiger partial charge in [-0.3, -0.25) is 10.6 Å². The maximum Gasteiger partial charge on any atom is 0.255 e. The number of hydrogen-bond donors (Lipinski definition) is 2. The average Bonchev–Trinajstić information content (AvgIpc) is 2.16. The van der Waals surface area contributed by atoms with Gasteiger partial charge in [-0.2, -0.15) is 0 Å². The first-order valence-electron chi connectivity index (χ1n) is 4.35. The molecule has 0 aliphatic carbocycles. The van der Waals surface area contributed by atoms with Crippen LogP contribution in [0.5, 0.6) is 0 Å². The smallest absolute Gasteiger partial charge is 0.255 e. The van der Waals surface area contributed by atoms with E-state index in [9.17, 15) is 4.79 Å². The van der Waals surface area contributed by atoms with Gasteiger partial charge in [0.15, 0.2) is 0 Å². The SMILES string of the molecule is Cc1ccc(NN)c(C(=O)N(C)C)c1. The summed E-state index contributed by atoms with van der Waals surface area (Å²) in [5.74, 6) is 5.26. The summed E-state index contributed by atoms with van der Waals surface area (Å²) >= 11 is 0. The van der Waals surface area contributed by atoms with Crippen molar-refractivity contribution in [2.75, 3.05) is 19.5 Å². The van der Waals surface area contributed by atoms with E-state index in [2.05, 4.69) is 5.43 Å². The highest BCUT2D eigenvalue weighted by molar-refractivity contribution is 5.99. The van der Waals surface area contributed by atoms with Crippen molar-refractivity contribution >= 4 is 11.6 Å². The number of carbonyl (C=O) groups is 1. The van der Waals surface area contributed by atoms with Gasteiger partial charge in [0.2, 0.25) is 0 Å². The molecule has 3 N–H and O–H groups in total. The summed E-state index contributed by atoms with van der Waals surface area (Å²) in [4.78, 5) is 13.2. The Morgan fingerprint density at radius 3 is 2.57 bits per heavy atom. The van der Waals surface area contributed by atoms with Crippen molar-refractivity contribution in [3.63, 3.8) is 0 Å². The molecule has 1 rings (SSSR count). The van der Waals surface area contributed by atoms with Crippen molar-refractivity contribution in [2.45, 2.75) is 6.92 Å². The van der Waals surface area contributed by atoms with Crippen LogP contribution in [-0.2, 0) is 0 Å². The molecule has 0 radical (unpaired) electrons. The van der Waals surface area contributed by atoms with Crippen molar-refractivity contribution in [2.24, 2.45) is 5.84 Å². The first kappa shape index (κ1) is 10.5. The van der Waals surface area contributed by atoms with Gasteiger partial charge in [0.25, 0.3) is 5.91 Å². The van der Waals surface area contributed by atoms with Crippen LogP contribution in [0.15, 0.2) is 18.2 Å². The van der Waals surface area contributed by atoms with E-state index in [1.165, 1.54) is 4.90 Å². The number of carbonyl (C=O) groups excluding carboxylic acids is 1. The third-order valence-corrected chi connectivity index (χ3v) is 1.97. The summed E-state index contributed by atoms with van der Waals surface area (Å²) in [6.45, 7) is 1.94. The van der Waals surface area contributed by atoms with Crippen LogP contribution in [0.3, 0.4) is 0 Å². The maximum atomic E-state index is 11.7. The molecular weight excluding hydrogens is 178 g/mol. The summed E-state index contributed by atoms with van der Waals surface area (Å²) < 4.78 is 0. The van der Waals surface area contributed by atoms with E-state index in [1.807, 2.05) is 19.1 Å². The van der Waals surface area contributed by atoms with Crippen LogP contribution in [0.2, 0.25) is 0 Å². The summed E-state index contributed by atoms with van der Waals surface area (Å²) in [6.07, 6.45) is 0. The van der Waals surface area contributed by atoms with E-state index in [0.717, 1.165) is 5.56 Å². The van der Waals surface area contributed by atoms with E-state index < -0.39 is 0 Å². The Kier molecular flexibility index (Phi) is 3.09. The van der Waals surface area contributed by atoms with Gasteiger partial charge in [-0.15, -0.1) is 0 Å². The molecule has 14 heavy (non-hydrogen) atoms. The largest absolute Gasteiger partial charge is 0.345 e. The monoisotopic (exact) mass is 193 g/mol. The predicted molar refractivity (Wildman–Crippen MR) is 57.0 cm³/mol. The van der Waals surface area contributed by atoms with Crippen molar-refractivity contribution in [1.82, 2.24) is 4.90 Å². The van der Waals surface area contributed by atoms with Gasteiger partial charge in [-0.05, 0) is 19.1 Å². The van der Waals surface area contributed by atoms with Crippen molar-refractivity contribution in [3.05, 3.63) is 29.3 Å². The Labute approximate surface area is 83.7 Å². The molecule has 0 aromatic heterocycles. The third-order valence-electron chi connectivity index (χ3n) is 1.97. The highest BCUT2D eigenvalue weighted by atomic mass is 16.2. The topological polar surface area (TPSA) is 58.4 Å². The summed E-state index contributed by atoms with van der Waals surface area (Å²) in [5.41, 5.74) is 4.79. The zero-order valence-corrected chi connectivity index (χ0v) is 8.66. The first-order chi connectivity index (χ1) is 6.56. The zero-order chi connectivity index (χ0) is 10.7. The molecule has 1 aromatic carbocycles. The summed E-state index contributed by atoms with van der Waals surface area (Å²) in [7, 11) is 3.43. The molecule has 76 valence electrons. The number of benzene rings is 1. The molecule has 1 amide bonds. The van der Waals surface area contributed by atoms with Crippen molar-refractivity contribution < 1.29 is 4.79 Å². The molecule has 0 bridgehead atoms. The standard InChI is InChI=1S/C10H15N3O/c1-7-4-5-9(12-11)8(6-7)10(14)13(2)3/h4-6,12H,11H2,1-3H3. The van der Waals surface area contributed by atoms with Gasteiger partial charge in [0.05, 0.1) is 11.3 Å². The Morgan fingerprint density at radius 1 is 1.43 bits per heavy atom. The molecule has 0 atom stereocenters. The molecular formula is C10H15N3O. The highest BCUT2D eigenvalue weighted by Gasteiger charge is 2.12. The summed E-state index contributed by atoms with van der Waals surface area (Å²) in [5, 5.41) is 0. The molecule has 4 nitrogen and oxygen atoms in total. The Balaban J connectivity index is 3.17. The van der Waals surface area contributed by atoms with Gasteiger partial charge in [0, 0.05) is 14.1 Å². The molecule has 1 aromatic rings. The fraction of sp³-hybridized carbons (Fsp3) is 0.300.